The van der Waals surface area contributed by atoms with Crippen LogP contribution in [0.15, 0.2) is 16.7 Å². The number of nitrogens with one attached hydrogen (secondary N) is 2. The third kappa shape index (κ3) is 2.54. The van der Waals surface area contributed by atoms with Crippen molar-refractivity contribution in [2.75, 3.05) is 10.7 Å². The van der Waals surface area contributed by atoms with Gasteiger partial charge in [0.2, 0.25) is 0 Å². The van der Waals surface area contributed by atoms with Crippen LogP contribution in [0.3, 0.4) is 0 Å². The van der Waals surface area contributed by atoms with Crippen LogP contribution in [0.25, 0.3) is 0 Å². The molecule has 1 aliphatic carbocycles. The maximum Gasteiger partial charge on any atom is 0.261 e. The minimum Gasteiger partial charge on any atom is -0.308 e. The summed E-state index contributed by atoms with van der Waals surface area (Å²) in [6.45, 7) is 0. The number of nitrogens with zero attached hydrogens (tertiary/aromatic N) is 2. The summed E-state index contributed by atoms with van der Waals surface area (Å²) in [5.74, 6) is 5.42. The van der Waals surface area contributed by atoms with Gasteiger partial charge in [-0.05, 0) is 41.3 Å². The van der Waals surface area contributed by atoms with E-state index in [1.807, 2.05) is 0 Å². The van der Waals surface area contributed by atoms with E-state index in [0.717, 1.165) is 25.0 Å². The normalized spacial score (nSPS) is 13.1. The first-order valence-corrected chi connectivity index (χ1v) is 7.70. The molecule has 104 valence electrons. The molecule has 2 aromatic heterocycles. The van der Waals surface area contributed by atoms with Crippen LogP contribution in [0, 0.1) is 0 Å². The van der Waals surface area contributed by atoms with Crippen LogP contribution in [0.2, 0.25) is 0 Å². The number of aromatic nitrogens is 2. The van der Waals surface area contributed by atoms with Crippen molar-refractivity contribution >= 4 is 44.1 Å². The molecule has 0 aliphatic heterocycles. The van der Waals surface area contributed by atoms with Gasteiger partial charge < -0.3 is 5.43 Å². The molecule has 0 bridgehead atoms. The fourth-order valence-corrected chi connectivity index (χ4v) is 3.51. The van der Waals surface area contributed by atoms with Crippen LogP contribution in [0.5, 0.6) is 0 Å². The zero-order valence-corrected chi connectivity index (χ0v) is 12.8. The van der Waals surface area contributed by atoms with Crippen molar-refractivity contribution < 1.29 is 4.79 Å². The maximum absolute atomic E-state index is 12.3. The van der Waals surface area contributed by atoms with Crippen molar-refractivity contribution in [1.82, 2.24) is 9.97 Å². The number of hydrogen-bond acceptors (Lipinski definition) is 6. The summed E-state index contributed by atoms with van der Waals surface area (Å²) in [4.78, 5) is 22.0. The van der Waals surface area contributed by atoms with Crippen molar-refractivity contribution in [3.8, 4) is 0 Å². The van der Waals surface area contributed by atoms with Crippen molar-refractivity contribution in [2.45, 2.75) is 19.3 Å². The van der Waals surface area contributed by atoms with Gasteiger partial charge in [0.15, 0.2) is 10.9 Å². The Morgan fingerprint density at radius 3 is 3.05 bits per heavy atom. The molecule has 0 radical (unpaired) electrons. The lowest BCUT2D eigenvalue weighted by Gasteiger charge is -2.07. The van der Waals surface area contributed by atoms with Gasteiger partial charge in [0.25, 0.3) is 5.91 Å². The quantitative estimate of drug-likeness (QED) is 0.581. The van der Waals surface area contributed by atoms with Gasteiger partial charge in [-0.2, -0.15) is 0 Å². The molecule has 2 aromatic rings. The lowest BCUT2D eigenvalue weighted by molar-refractivity contribution is 0.102. The van der Waals surface area contributed by atoms with Gasteiger partial charge in [0.1, 0.15) is 0 Å². The van der Waals surface area contributed by atoms with E-state index in [2.05, 4.69) is 36.6 Å². The lowest BCUT2D eigenvalue weighted by Crippen LogP contribution is -2.18. The SMILES string of the molecule is NNc1ncc(Br)cc1C(=O)Nc1nc2c(s1)CCC2. The smallest absolute Gasteiger partial charge is 0.261 e. The first-order chi connectivity index (χ1) is 9.67. The highest BCUT2D eigenvalue weighted by Gasteiger charge is 2.19. The summed E-state index contributed by atoms with van der Waals surface area (Å²) in [6.07, 6.45) is 4.77. The van der Waals surface area contributed by atoms with Gasteiger partial charge >= 0.3 is 0 Å². The van der Waals surface area contributed by atoms with E-state index in [9.17, 15) is 4.79 Å². The Morgan fingerprint density at radius 2 is 2.30 bits per heavy atom. The Labute approximate surface area is 127 Å². The predicted octanol–water partition coefficient (Wildman–Crippen LogP) is 2.33. The van der Waals surface area contributed by atoms with Crippen LogP contribution in [0.4, 0.5) is 10.9 Å². The summed E-state index contributed by atoms with van der Waals surface area (Å²) in [5.41, 5.74) is 3.90. The number of rotatable bonds is 3. The first kappa shape index (κ1) is 13.5. The number of fused-ring (bicyclic) bond motifs is 1. The fraction of sp³-hybridized carbons (Fsp3) is 0.250. The Morgan fingerprint density at radius 1 is 1.45 bits per heavy atom. The number of aryl methyl sites for hydroxylation is 2. The van der Waals surface area contributed by atoms with Crippen LogP contribution in [-0.2, 0) is 12.8 Å². The molecule has 2 heterocycles. The molecular formula is C12H12BrN5OS. The number of anilines is 2. The van der Waals surface area contributed by atoms with Crippen molar-refractivity contribution in [3.05, 3.63) is 32.9 Å². The Hall–Kier alpha value is -1.51. The second kappa shape index (κ2) is 5.47. The summed E-state index contributed by atoms with van der Waals surface area (Å²) in [5, 5.41) is 3.43. The molecular weight excluding hydrogens is 342 g/mol. The molecule has 8 heteroatoms. The molecule has 0 atom stereocenters. The molecule has 3 rings (SSSR count). The van der Waals surface area contributed by atoms with E-state index in [4.69, 9.17) is 5.84 Å². The van der Waals surface area contributed by atoms with Gasteiger partial charge in [0, 0.05) is 15.5 Å². The number of amides is 1. The van der Waals surface area contributed by atoms with E-state index < -0.39 is 0 Å². The number of hydrogen-bond donors (Lipinski definition) is 3. The molecule has 0 spiro atoms. The van der Waals surface area contributed by atoms with Gasteiger partial charge in [0.05, 0.1) is 11.3 Å². The van der Waals surface area contributed by atoms with Crippen molar-refractivity contribution in [1.29, 1.82) is 0 Å². The molecule has 0 fully saturated rings. The molecule has 1 amide bonds. The van der Waals surface area contributed by atoms with Gasteiger partial charge in [-0.1, -0.05) is 0 Å². The highest BCUT2D eigenvalue weighted by molar-refractivity contribution is 9.10. The largest absolute Gasteiger partial charge is 0.308 e. The monoisotopic (exact) mass is 353 g/mol. The molecule has 0 saturated carbocycles. The number of halogens is 1. The molecule has 0 aromatic carbocycles. The molecule has 20 heavy (non-hydrogen) atoms. The Balaban J connectivity index is 1.83. The average Bonchev–Trinajstić information content (AvgIpc) is 2.99. The van der Waals surface area contributed by atoms with Gasteiger partial charge in [-0.25, -0.2) is 15.8 Å². The zero-order valence-electron chi connectivity index (χ0n) is 10.4. The number of hydrazine groups is 1. The average molecular weight is 354 g/mol. The van der Waals surface area contributed by atoms with E-state index in [0.29, 0.717) is 21.0 Å². The van der Waals surface area contributed by atoms with Crippen LogP contribution in [0.1, 0.15) is 27.3 Å². The second-order valence-corrected chi connectivity index (χ2v) is 6.39. The van der Waals surface area contributed by atoms with Crippen LogP contribution < -0.4 is 16.6 Å². The third-order valence-electron chi connectivity index (χ3n) is 3.05. The second-order valence-electron chi connectivity index (χ2n) is 4.39. The zero-order chi connectivity index (χ0) is 14.1. The highest BCUT2D eigenvalue weighted by atomic mass is 79.9. The van der Waals surface area contributed by atoms with Gasteiger partial charge in [-0.15, -0.1) is 11.3 Å². The number of nitrogens with two attached hydrogens (primary N) is 1. The van der Waals surface area contributed by atoms with Gasteiger partial charge in [-0.3, -0.25) is 10.1 Å². The van der Waals surface area contributed by atoms with Crippen molar-refractivity contribution in [3.63, 3.8) is 0 Å². The molecule has 1 aliphatic rings. The lowest BCUT2D eigenvalue weighted by atomic mass is 10.2. The number of pyridine rings is 1. The summed E-state index contributed by atoms with van der Waals surface area (Å²) < 4.78 is 0.711. The number of carbonyl (C=O) groups is 1. The number of thiazole rings is 1. The Kier molecular flexibility index (Phi) is 3.68. The van der Waals surface area contributed by atoms with Crippen LogP contribution in [-0.4, -0.2) is 15.9 Å². The van der Waals surface area contributed by atoms with E-state index in [1.165, 1.54) is 16.2 Å². The molecule has 0 unspecified atom stereocenters. The van der Waals surface area contributed by atoms with Crippen molar-refractivity contribution in [2.24, 2.45) is 5.84 Å². The molecule has 6 nitrogen and oxygen atoms in total. The first-order valence-electron chi connectivity index (χ1n) is 6.09. The summed E-state index contributed by atoms with van der Waals surface area (Å²) >= 11 is 4.83. The topological polar surface area (TPSA) is 92.9 Å². The third-order valence-corrected chi connectivity index (χ3v) is 4.56. The fourth-order valence-electron chi connectivity index (χ4n) is 2.14. The number of nitrogen functional groups attached to an aromatic ring is 1. The standard InChI is InChI=1S/C12H12BrN5OS/c13-6-4-7(10(18-14)15-5-6)11(19)17-12-16-8-2-1-3-9(8)20-12/h4-5H,1-3,14H2,(H,15,18)(H,16,17,19). The summed E-state index contributed by atoms with van der Waals surface area (Å²) in [6, 6.07) is 1.67. The maximum atomic E-state index is 12.3. The summed E-state index contributed by atoms with van der Waals surface area (Å²) in [7, 11) is 0. The molecule has 4 N–H and O–H groups in total. The highest BCUT2D eigenvalue weighted by Crippen LogP contribution is 2.31. The minimum atomic E-state index is -0.279. The van der Waals surface area contributed by atoms with E-state index in [1.54, 1.807) is 12.3 Å². The predicted molar refractivity (Wildman–Crippen MR) is 81.8 cm³/mol. The van der Waals surface area contributed by atoms with E-state index in [-0.39, 0.29) is 5.91 Å². The minimum absolute atomic E-state index is 0.279. The van der Waals surface area contributed by atoms with E-state index >= 15 is 0 Å². The molecule has 0 saturated heterocycles. The Bertz CT molecular complexity index is 650. The number of carbonyl (C=O) groups excluding carboxylic acids is 1. The van der Waals surface area contributed by atoms with Crippen LogP contribution >= 0.6 is 27.3 Å².